The molecule has 9 aliphatic heterocycles. The zero-order valence-electron chi connectivity index (χ0n) is 55.2. The van der Waals surface area contributed by atoms with Crippen LogP contribution in [0, 0.1) is 0 Å². The van der Waals surface area contributed by atoms with Crippen LogP contribution in [0.2, 0.25) is 30.1 Å². The Morgan fingerprint density at radius 1 is 0.505 bits per heavy atom. The summed E-state index contributed by atoms with van der Waals surface area (Å²) in [4.78, 5) is 79.7. The summed E-state index contributed by atoms with van der Waals surface area (Å²) < 4.78 is 17.9. The third kappa shape index (κ3) is 21.2. The number of aliphatic hydroxyl groups excluding tert-OH is 1. The molecular weight excluding hydrogens is 1390 g/mol. The Morgan fingerprint density at radius 2 is 0.849 bits per heavy atom. The van der Waals surface area contributed by atoms with Gasteiger partial charge >= 0.3 is 29.6 Å². The third-order valence-electron chi connectivity index (χ3n) is 19.1. The number of carbonyl (C=O) groups excluding carboxylic acids is 5. The van der Waals surface area contributed by atoms with Crippen molar-refractivity contribution >= 4 is 123 Å². The molecule has 93 heavy (non-hydrogen) atoms. The number of nitrogens with zero attached hydrogens (tertiary/aromatic N) is 8. The monoisotopic (exact) mass is 1480 g/mol. The van der Waals surface area contributed by atoms with Gasteiger partial charge in [0.25, 0.3) is 0 Å². The summed E-state index contributed by atoms with van der Waals surface area (Å²) >= 11 is 39.4. The SMILES string of the molecule is CC(=O)CBr.CC(=O)CN1CCN(C(=O)Cc2ccc(Cl)c(Cl)c2)[C@H]2[C@H]1COC[C@@H]2N1CCCC1.CC(O)CN1CCN(C(=O)Cc2ccc(Cl)c(Cl)c2)[C@H]2[C@H]1COC[C@@H]2N1CCCC1.O=C(Cc1ccc(Cl)c(Cl)c1)N1CCN[C@@H]2COC[C@H](N3CCCC3)[C@H]21.[B].[H-].[Na+]. The molecule has 12 rings (SSSR count). The van der Waals surface area contributed by atoms with Crippen molar-refractivity contribution in [2.24, 2.45) is 0 Å². The fourth-order valence-corrected chi connectivity index (χ4v) is 15.9. The number of ketones is 2. The van der Waals surface area contributed by atoms with Gasteiger partial charge in [-0.3, -0.25) is 48.5 Å². The van der Waals surface area contributed by atoms with Crippen LogP contribution in [-0.2, 0) is 57.4 Å². The fraction of sp³-hybridized carbons (Fsp3) is 0.652. The van der Waals surface area contributed by atoms with E-state index in [1.165, 1.54) is 45.4 Å². The number of hydrogen-bond donors (Lipinski definition) is 2. The molecule has 507 valence electrons. The summed E-state index contributed by atoms with van der Waals surface area (Å²) in [6.45, 7) is 20.5. The molecule has 0 bridgehead atoms. The Hall–Kier alpha value is -1.71. The predicted molar refractivity (Wildman–Crippen MR) is 369 cm³/mol. The molecule has 27 heteroatoms. The van der Waals surface area contributed by atoms with Gasteiger partial charge in [0.1, 0.15) is 11.6 Å². The molecule has 3 amide bonds. The van der Waals surface area contributed by atoms with Gasteiger partial charge in [0.2, 0.25) is 17.7 Å². The minimum Gasteiger partial charge on any atom is -1.00 e. The van der Waals surface area contributed by atoms with Crippen LogP contribution < -0.4 is 34.9 Å². The van der Waals surface area contributed by atoms with E-state index in [-0.39, 0.29) is 123 Å². The van der Waals surface area contributed by atoms with Crippen LogP contribution in [0.1, 0.15) is 77.4 Å². The molecule has 9 heterocycles. The first kappa shape index (κ1) is 78.6. The van der Waals surface area contributed by atoms with Crippen LogP contribution in [0.3, 0.4) is 0 Å². The summed E-state index contributed by atoms with van der Waals surface area (Å²) in [6.07, 6.45) is 7.78. The van der Waals surface area contributed by atoms with Crippen molar-refractivity contribution in [3.05, 3.63) is 101 Å². The number of aliphatic hydroxyl groups is 1. The van der Waals surface area contributed by atoms with Crippen LogP contribution >= 0.6 is 85.5 Å². The van der Waals surface area contributed by atoms with E-state index in [9.17, 15) is 29.1 Å². The molecule has 3 aromatic rings. The molecule has 9 saturated heterocycles. The molecular formula is C66H91BBrCl6N9NaO9. The summed E-state index contributed by atoms with van der Waals surface area (Å²) in [5.74, 6) is 0.687. The normalized spacial score (nSPS) is 27.0. The Labute approximate surface area is 614 Å². The van der Waals surface area contributed by atoms with Crippen LogP contribution in [0.15, 0.2) is 54.6 Å². The zero-order chi connectivity index (χ0) is 64.9. The van der Waals surface area contributed by atoms with Gasteiger partial charge in [0, 0.05) is 54.2 Å². The molecule has 18 nitrogen and oxygen atoms in total. The van der Waals surface area contributed by atoms with E-state index in [1.54, 1.807) is 43.3 Å². The van der Waals surface area contributed by atoms with Gasteiger partial charge in [-0.1, -0.05) is 104 Å². The Bertz CT molecular complexity index is 2970. The van der Waals surface area contributed by atoms with E-state index < -0.39 is 6.10 Å². The number of halogens is 7. The van der Waals surface area contributed by atoms with Gasteiger partial charge in [-0.25, -0.2) is 0 Å². The van der Waals surface area contributed by atoms with Gasteiger partial charge in [-0.15, -0.1) is 0 Å². The molecule has 0 spiro atoms. The minimum atomic E-state index is -0.406. The second kappa shape index (κ2) is 38.2. The average Bonchev–Trinajstić information content (AvgIpc) is 1.06. The Morgan fingerprint density at radius 3 is 1.22 bits per heavy atom. The molecule has 0 aromatic heterocycles. The molecule has 0 aliphatic carbocycles. The molecule has 9 fully saturated rings. The zero-order valence-corrected chi connectivity index (χ0v) is 62.3. The molecule has 3 aromatic carbocycles. The van der Waals surface area contributed by atoms with Gasteiger partial charge in [-0.05, 0) is 152 Å². The molecule has 3 radical (unpaired) electrons. The van der Waals surface area contributed by atoms with Gasteiger partial charge in [0.15, 0.2) is 0 Å². The molecule has 2 N–H and O–H groups in total. The van der Waals surface area contributed by atoms with Crippen molar-refractivity contribution in [1.29, 1.82) is 0 Å². The number of amides is 3. The standard InChI is InChI=1S/C22H31Cl2N3O3.C22H29Cl2N3O3.C19H25Cl2N3O2.C3H5BrO.B.Na.H/c2*1-15(28)12-26-8-9-27(21(29)11-16-4-5-17(23)18(24)10-16)22-19(13-30-14-20(22)26)25-6-2-3-7-25;20-14-4-3-13(9-15(14)21)10-18(25)24-8-5-22-16-11-26-12-17(19(16)24)23-6-1-2-7-23;1-3(5)2-4;;;/h4-5,10,15,19-20,22,28H,2-3,6-9,11-14H2,1H3;4-5,10,19-20,22H,2-3,6-9,11-14H2,1H3;3-4,9,16-17,19,22H,1-2,5-8,10-12H2;2H2,1H3;;;/q;;;;;+1;-1/t15?,19-,20+,22+;19-,20+,22+;16-,17+,19+;;;;/m001..../s1. The number of benzene rings is 3. The first-order valence-corrected chi connectivity index (χ1v) is 35.8. The maximum Gasteiger partial charge on any atom is 1.00 e. The van der Waals surface area contributed by atoms with Gasteiger partial charge in [-0.2, -0.15) is 0 Å². The van der Waals surface area contributed by atoms with E-state index in [0.717, 1.165) is 75.6 Å². The number of ether oxygens (including phenoxy) is 3. The Balaban J connectivity index is 0.000000213. The predicted octanol–water partition coefficient (Wildman–Crippen LogP) is 4.70. The first-order valence-electron chi connectivity index (χ1n) is 32.4. The topological polar surface area (TPSA) is 171 Å². The summed E-state index contributed by atoms with van der Waals surface area (Å²) in [5, 5.41) is 17.0. The van der Waals surface area contributed by atoms with Crippen LogP contribution in [0.5, 0.6) is 0 Å². The van der Waals surface area contributed by atoms with E-state index in [4.69, 9.17) is 83.8 Å². The quantitative estimate of drug-likeness (QED) is 0.168. The van der Waals surface area contributed by atoms with E-state index in [0.29, 0.717) is 127 Å². The van der Waals surface area contributed by atoms with E-state index >= 15 is 0 Å². The summed E-state index contributed by atoms with van der Waals surface area (Å²) in [5.41, 5.74) is 2.65. The number of rotatable bonds is 14. The van der Waals surface area contributed by atoms with Crippen molar-refractivity contribution in [3.8, 4) is 0 Å². The number of alkyl halides is 1. The van der Waals surface area contributed by atoms with Crippen LogP contribution in [-0.4, -0.2) is 279 Å². The minimum absolute atomic E-state index is 0. The number of likely N-dealkylation sites (tertiary alicyclic amines) is 3. The number of Topliss-reactive ketones (excluding diaryl/α,β-unsaturated/α-hetero) is 2. The fourth-order valence-electron chi connectivity index (χ4n) is 14.9. The number of hydrogen-bond acceptors (Lipinski definition) is 15. The molecule has 10 atom stereocenters. The second-order valence-electron chi connectivity index (χ2n) is 25.6. The molecule has 9 aliphatic rings. The smallest absolute Gasteiger partial charge is 1.00 e. The van der Waals surface area contributed by atoms with E-state index in [1.807, 2.05) is 30.0 Å². The first-order chi connectivity index (χ1) is 43.8. The van der Waals surface area contributed by atoms with Gasteiger partial charge < -0.3 is 40.8 Å². The molecule has 0 saturated carbocycles. The number of nitrogens with one attached hydrogen (secondary N) is 1. The van der Waals surface area contributed by atoms with Crippen molar-refractivity contribution < 1.29 is 74.3 Å². The number of fused-ring (bicyclic) bond motifs is 3. The van der Waals surface area contributed by atoms with Crippen molar-refractivity contribution in [2.45, 2.75) is 139 Å². The summed E-state index contributed by atoms with van der Waals surface area (Å²) in [7, 11) is 0. The Kier molecular flexibility index (Phi) is 32.3. The maximum absolute atomic E-state index is 13.4. The van der Waals surface area contributed by atoms with Crippen molar-refractivity contribution in [1.82, 2.24) is 44.5 Å². The van der Waals surface area contributed by atoms with E-state index in [2.05, 4.69) is 55.5 Å². The summed E-state index contributed by atoms with van der Waals surface area (Å²) in [6, 6.07) is 17.5. The van der Waals surface area contributed by atoms with Gasteiger partial charge in [0.05, 0.1) is 161 Å². The van der Waals surface area contributed by atoms with Crippen LogP contribution in [0.4, 0.5) is 0 Å². The van der Waals surface area contributed by atoms with Crippen molar-refractivity contribution in [3.63, 3.8) is 0 Å². The number of piperazine rings is 3. The maximum atomic E-state index is 13.4. The van der Waals surface area contributed by atoms with Crippen LogP contribution in [0.25, 0.3) is 0 Å². The van der Waals surface area contributed by atoms with Crippen molar-refractivity contribution in [2.75, 3.05) is 137 Å². The molecule has 1 unspecified atom stereocenters. The number of carbonyl (C=O) groups is 5. The number of β-amino-alcohol motifs (C(OH)–C–C–N with tert-alkyl or cyclic N) is 1. The largest absolute Gasteiger partial charge is 1.00 e. The third-order valence-corrected chi connectivity index (χ3v) is 22.1. The second-order valence-corrected chi connectivity index (χ2v) is 28.6. The average molecular weight is 1480 g/mol.